The molecule has 2 aromatic heterocycles. The van der Waals surface area contributed by atoms with Crippen LogP contribution in [0, 0.1) is 0 Å². The van der Waals surface area contributed by atoms with E-state index in [1.807, 2.05) is 22.7 Å². The fourth-order valence-corrected chi connectivity index (χ4v) is 6.65. The van der Waals surface area contributed by atoms with Crippen LogP contribution in [0.15, 0.2) is 66.0 Å². The van der Waals surface area contributed by atoms with Crippen molar-refractivity contribution in [1.82, 2.24) is 0 Å². The minimum atomic E-state index is 1.12. The Morgan fingerprint density at radius 3 is 2.13 bits per heavy atom. The number of hydrogen-bond donors (Lipinski definition) is 0. The van der Waals surface area contributed by atoms with Gasteiger partial charge in [0.2, 0.25) is 0 Å². The summed E-state index contributed by atoms with van der Waals surface area (Å²) in [4.78, 5) is 1.50. The Morgan fingerprint density at radius 1 is 0.667 bits per heavy atom. The second kappa shape index (κ2) is 7.37. The van der Waals surface area contributed by atoms with Gasteiger partial charge >= 0.3 is 0 Å². The van der Waals surface area contributed by atoms with Gasteiger partial charge in [-0.05, 0) is 88.7 Å². The number of aryl methyl sites for hydroxylation is 3. The predicted molar refractivity (Wildman–Crippen MR) is 134 cm³/mol. The Kier molecular flexibility index (Phi) is 4.51. The number of rotatable bonds is 6. The van der Waals surface area contributed by atoms with Crippen LogP contribution < -0.4 is 0 Å². The van der Waals surface area contributed by atoms with Crippen LogP contribution in [0.1, 0.15) is 35.8 Å². The van der Waals surface area contributed by atoms with Gasteiger partial charge in [-0.1, -0.05) is 49.7 Å². The smallest absolute Gasteiger partial charge is 0.0352 e. The van der Waals surface area contributed by atoms with Gasteiger partial charge in [-0.25, -0.2) is 0 Å². The first kappa shape index (κ1) is 18.4. The Balaban J connectivity index is 1.26. The Bertz CT molecular complexity index is 1370. The Labute approximate surface area is 185 Å². The van der Waals surface area contributed by atoms with Crippen molar-refractivity contribution in [2.24, 2.45) is 0 Å². The third kappa shape index (κ3) is 2.93. The van der Waals surface area contributed by atoms with E-state index >= 15 is 0 Å². The zero-order chi connectivity index (χ0) is 20.1. The third-order valence-electron chi connectivity index (χ3n) is 6.43. The molecule has 2 heterocycles. The lowest BCUT2D eigenvalue weighted by molar-refractivity contribution is 0.794. The number of thiophene rings is 2. The molecule has 1 aliphatic rings. The zero-order valence-electron chi connectivity index (χ0n) is 17.2. The van der Waals surface area contributed by atoms with Crippen LogP contribution in [0.25, 0.3) is 42.4 Å². The van der Waals surface area contributed by atoms with Crippen molar-refractivity contribution in [3.8, 4) is 22.3 Å². The second-order valence-electron chi connectivity index (χ2n) is 8.35. The van der Waals surface area contributed by atoms with E-state index in [1.54, 1.807) is 0 Å². The molecular formula is C28H24S2. The normalized spacial score (nSPS) is 12.2. The maximum Gasteiger partial charge on any atom is 0.0352 e. The minimum absolute atomic E-state index is 1.12. The summed E-state index contributed by atoms with van der Waals surface area (Å²) >= 11 is 3.81. The first-order valence-electron chi connectivity index (χ1n) is 11.0. The predicted octanol–water partition coefficient (Wildman–Crippen LogP) is 8.89. The van der Waals surface area contributed by atoms with Gasteiger partial charge in [0.1, 0.15) is 0 Å². The van der Waals surface area contributed by atoms with Crippen LogP contribution in [0.5, 0.6) is 0 Å². The molecule has 0 bridgehead atoms. The lowest BCUT2D eigenvalue weighted by Crippen LogP contribution is -1.98. The van der Waals surface area contributed by atoms with E-state index in [2.05, 4.69) is 73.0 Å². The SMILES string of the molecule is CCCCc1ccc(CCc2cc3c4c(ccc3s2)-c2c-4ccc3sccc23)cc1. The standard InChI is InChI=1S/C28H24S2/c1-2-3-4-18-5-7-19(8-6-18)9-10-20-17-24-26(30-20)14-12-23-27-21-15-16-29-25(21)13-11-22(27)28(23)24/h5-8,11-17H,2-4,9-10H2,1H3. The van der Waals surface area contributed by atoms with Crippen LogP contribution in [-0.2, 0) is 19.3 Å². The van der Waals surface area contributed by atoms with Gasteiger partial charge in [0.25, 0.3) is 0 Å². The molecule has 148 valence electrons. The quantitative estimate of drug-likeness (QED) is 0.250. The zero-order valence-corrected chi connectivity index (χ0v) is 18.8. The first-order chi connectivity index (χ1) is 14.8. The average Bonchev–Trinajstić information content (AvgIpc) is 3.39. The maximum atomic E-state index is 2.45. The highest BCUT2D eigenvalue weighted by Crippen LogP contribution is 2.55. The average molecular weight is 425 g/mol. The molecule has 5 aromatic rings. The van der Waals surface area contributed by atoms with Crippen molar-refractivity contribution >= 4 is 42.8 Å². The van der Waals surface area contributed by atoms with Crippen molar-refractivity contribution in [3.05, 3.63) is 82.0 Å². The van der Waals surface area contributed by atoms with Gasteiger partial charge in [0.05, 0.1) is 0 Å². The minimum Gasteiger partial charge on any atom is -0.144 e. The van der Waals surface area contributed by atoms with E-state index in [9.17, 15) is 0 Å². The summed E-state index contributed by atoms with van der Waals surface area (Å²) in [5.74, 6) is 0. The molecule has 0 aliphatic heterocycles. The molecule has 30 heavy (non-hydrogen) atoms. The molecule has 0 fully saturated rings. The Hall–Kier alpha value is -2.42. The number of hydrogen-bond acceptors (Lipinski definition) is 2. The van der Waals surface area contributed by atoms with Crippen LogP contribution in [-0.4, -0.2) is 0 Å². The summed E-state index contributed by atoms with van der Waals surface area (Å²) in [5.41, 5.74) is 8.73. The van der Waals surface area contributed by atoms with E-state index in [0.29, 0.717) is 0 Å². The molecule has 0 amide bonds. The molecule has 6 rings (SSSR count). The molecule has 0 N–H and O–H groups in total. The Morgan fingerprint density at radius 2 is 1.37 bits per heavy atom. The van der Waals surface area contributed by atoms with Crippen LogP contribution in [0.2, 0.25) is 0 Å². The summed E-state index contributed by atoms with van der Waals surface area (Å²) in [6.07, 6.45) is 6.00. The molecule has 2 heteroatoms. The van der Waals surface area contributed by atoms with Gasteiger partial charge in [0, 0.05) is 25.0 Å². The summed E-state index contributed by atoms with van der Waals surface area (Å²) in [6, 6.07) is 23.3. The van der Waals surface area contributed by atoms with Crippen LogP contribution in [0.3, 0.4) is 0 Å². The molecular weight excluding hydrogens is 400 g/mol. The van der Waals surface area contributed by atoms with E-state index < -0.39 is 0 Å². The van der Waals surface area contributed by atoms with Crippen molar-refractivity contribution in [1.29, 1.82) is 0 Å². The largest absolute Gasteiger partial charge is 0.144 e. The maximum absolute atomic E-state index is 2.45. The third-order valence-corrected chi connectivity index (χ3v) is 8.47. The van der Waals surface area contributed by atoms with Crippen LogP contribution in [0.4, 0.5) is 0 Å². The highest BCUT2D eigenvalue weighted by molar-refractivity contribution is 7.19. The first-order valence-corrected chi connectivity index (χ1v) is 12.7. The summed E-state index contributed by atoms with van der Waals surface area (Å²) in [7, 11) is 0. The summed E-state index contributed by atoms with van der Waals surface area (Å²) in [5, 5.41) is 5.08. The van der Waals surface area contributed by atoms with E-state index in [4.69, 9.17) is 0 Å². The van der Waals surface area contributed by atoms with Crippen molar-refractivity contribution in [2.45, 2.75) is 39.0 Å². The molecule has 0 atom stereocenters. The lowest BCUT2D eigenvalue weighted by Gasteiger charge is -2.25. The topological polar surface area (TPSA) is 0 Å². The molecule has 0 nitrogen and oxygen atoms in total. The van der Waals surface area contributed by atoms with Crippen molar-refractivity contribution in [2.75, 3.05) is 0 Å². The molecule has 0 spiro atoms. The fraction of sp³-hybridized carbons (Fsp3) is 0.214. The van der Waals surface area contributed by atoms with Gasteiger partial charge in [0.15, 0.2) is 0 Å². The monoisotopic (exact) mass is 424 g/mol. The molecule has 0 radical (unpaired) electrons. The summed E-state index contributed by atoms with van der Waals surface area (Å²) in [6.45, 7) is 2.26. The van der Waals surface area contributed by atoms with E-state index in [1.165, 1.54) is 77.7 Å². The number of benzene rings is 3. The molecule has 3 aromatic carbocycles. The number of fused-ring (bicyclic) bond motifs is 8. The van der Waals surface area contributed by atoms with Gasteiger partial charge in [-0.2, -0.15) is 0 Å². The lowest BCUT2D eigenvalue weighted by atomic mass is 9.77. The summed E-state index contributed by atoms with van der Waals surface area (Å²) < 4.78 is 2.82. The molecule has 0 saturated carbocycles. The van der Waals surface area contributed by atoms with Crippen molar-refractivity contribution in [3.63, 3.8) is 0 Å². The number of unbranched alkanes of at least 4 members (excludes halogenated alkanes) is 1. The molecule has 0 unspecified atom stereocenters. The van der Waals surface area contributed by atoms with Crippen LogP contribution >= 0.6 is 22.7 Å². The van der Waals surface area contributed by atoms with Gasteiger partial charge in [-0.15, -0.1) is 22.7 Å². The van der Waals surface area contributed by atoms with E-state index in [0.717, 1.165) is 12.8 Å². The van der Waals surface area contributed by atoms with E-state index in [-0.39, 0.29) is 0 Å². The van der Waals surface area contributed by atoms with Gasteiger partial charge < -0.3 is 0 Å². The highest BCUT2D eigenvalue weighted by atomic mass is 32.1. The highest BCUT2D eigenvalue weighted by Gasteiger charge is 2.27. The molecule has 1 aliphatic carbocycles. The van der Waals surface area contributed by atoms with Gasteiger partial charge in [-0.3, -0.25) is 0 Å². The molecule has 0 saturated heterocycles. The second-order valence-corrected chi connectivity index (χ2v) is 10.5. The van der Waals surface area contributed by atoms with Crippen molar-refractivity contribution < 1.29 is 0 Å². The fourth-order valence-electron chi connectivity index (χ4n) is 4.79.